The lowest BCUT2D eigenvalue weighted by molar-refractivity contribution is -0.117. The molecule has 0 aromatic heterocycles. The predicted octanol–water partition coefficient (Wildman–Crippen LogP) is 3.24. The van der Waals surface area contributed by atoms with Crippen LogP contribution < -0.4 is 14.8 Å². The van der Waals surface area contributed by atoms with Crippen LogP contribution in [-0.4, -0.2) is 19.1 Å². The third-order valence-corrected chi connectivity index (χ3v) is 3.89. The standard InChI is InChI=1S/C20H18N2O3/c1-14(16-5-3-2-4-6-16)22-20(23)17(13-21)11-15-7-8-18-19(12-15)25-10-9-24-18/h2-8,11-12,14H,9-10H2,1H3,(H,22,23)/b17-11+. The van der Waals surface area contributed by atoms with Crippen molar-refractivity contribution in [1.82, 2.24) is 5.32 Å². The van der Waals surface area contributed by atoms with Crippen LogP contribution in [0.2, 0.25) is 0 Å². The Bertz CT molecular complexity index is 838. The maximum absolute atomic E-state index is 12.4. The number of nitrogens with zero attached hydrogens (tertiary/aromatic N) is 1. The fraction of sp³-hybridized carbons (Fsp3) is 0.200. The lowest BCUT2D eigenvalue weighted by atomic mass is 10.1. The van der Waals surface area contributed by atoms with Crippen molar-refractivity contribution in [3.63, 3.8) is 0 Å². The van der Waals surface area contributed by atoms with Gasteiger partial charge >= 0.3 is 0 Å². The summed E-state index contributed by atoms with van der Waals surface area (Å²) in [5, 5.41) is 12.2. The average molecular weight is 334 g/mol. The van der Waals surface area contributed by atoms with Gasteiger partial charge in [0.1, 0.15) is 24.9 Å². The quantitative estimate of drug-likeness (QED) is 0.688. The molecular formula is C20H18N2O3. The van der Waals surface area contributed by atoms with Crippen molar-refractivity contribution >= 4 is 12.0 Å². The summed E-state index contributed by atoms with van der Waals surface area (Å²) >= 11 is 0. The summed E-state index contributed by atoms with van der Waals surface area (Å²) in [6.45, 7) is 2.89. The predicted molar refractivity (Wildman–Crippen MR) is 94.0 cm³/mol. The molecule has 1 aliphatic heterocycles. The molecule has 2 aromatic rings. The second-order valence-corrected chi connectivity index (χ2v) is 5.68. The van der Waals surface area contributed by atoms with Crippen molar-refractivity contribution in [1.29, 1.82) is 5.26 Å². The first kappa shape index (κ1) is 16.6. The zero-order valence-electron chi connectivity index (χ0n) is 13.9. The number of carbonyl (C=O) groups is 1. The van der Waals surface area contributed by atoms with Crippen LogP contribution in [0.3, 0.4) is 0 Å². The monoisotopic (exact) mass is 334 g/mol. The summed E-state index contributed by atoms with van der Waals surface area (Å²) in [6.07, 6.45) is 1.55. The number of amides is 1. The van der Waals surface area contributed by atoms with Crippen molar-refractivity contribution in [3.05, 3.63) is 65.2 Å². The SMILES string of the molecule is CC(NC(=O)/C(C#N)=C/c1ccc2c(c1)OCCO2)c1ccccc1. The molecule has 0 bridgehead atoms. The molecule has 2 aromatic carbocycles. The van der Waals surface area contributed by atoms with Crippen LogP contribution in [0.1, 0.15) is 24.1 Å². The van der Waals surface area contributed by atoms with Gasteiger partial charge < -0.3 is 14.8 Å². The molecule has 0 spiro atoms. The van der Waals surface area contributed by atoms with Gasteiger partial charge in [-0.2, -0.15) is 5.26 Å². The van der Waals surface area contributed by atoms with Crippen molar-refractivity contribution in [2.75, 3.05) is 13.2 Å². The summed E-state index contributed by atoms with van der Waals surface area (Å²) in [7, 11) is 0. The fourth-order valence-corrected chi connectivity index (χ4v) is 2.56. The van der Waals surface area contributed by atoms with Gasteiger partial charge in [0, 0.05) is 0 Å². The molecule has 1 aliphatic rings. The molecule has 126 valence electrons. The molecule has 3 rings (SSSR count). The molecule has 0 saturated carbocycles. The van der Waals surface area contributed by atoms with E-state index >= 15 is 0 Å². The molecule has 1 amide bonds. The van der Waals surface area contributed by atoms with Gasteiger partial charge in [-0.15, -0.1) is 0 Å². The van der Waals surface area contributed by atoms with Crippen molar-refractivity contribution in [2.45, 2.75) is 13.0 Å². The Morgan fingerprint density at radius 2 is 1.88 bits per heavy atom. The minimum Gasteiger partial charge on any atom is -0.486 e. The maximum Gasteiger partial charge on any atom is 0.262 e. The highest BCUT2D eigenvalue weighted by Crippen LogP contribution is 2.31. The number of nitrogens with one attached hydrogen (secondary N) is 1. The molecule has 1 heterocycles. The molecule has 5 nitrogen and oxygen atoms in total. The van der Waals surface area contributed by atoms with Gasteiger partial charge in [0.25, 0.3) is 5.91 Å². The lowest BCUT2D eigenvalue weighted by Gasteiger charge is -2.18. The number of fused-ring (bicyclic) bond motifs is 1. The Morgan fingerprint density at radius 3 is 2.60 bits per heavy atom. The van der Waals surface area contributed by atoms with E-state index in [1.807, 2.05) is 43.3 Å². The highest BCUT2D eigenvalue weighted by Gasteiger charge is 2.15. The number of benzene rings is 2. The molecule has 25 heavy (non-hydrogen) atoms. The van der Waals surface area contributed by atoms with E-state index in [9.17, 15) is 10.1 Å². The van der Waals surface area contributed by atoms with E-state index in [-0.39, 0.29) is 11.6 Å². The summed E-state index contributed by atoms with van der Waals surface area (Å²) in [6, 6.07) is 16.7. The first-order valence-corrected chi connectivity index (χ1v) is 8.04. The largest absolute Gasteiger partial charge is 0.486 e. The molecule has 1 atom stereocenters. The highest BCUT2D eigenvalue weighted by atomic mass is 16.6. The van der Waals surface area contributed by atoms with Crippen LogP contribution in [0.4, 0.5) is 0 Å². The zero-order valence-corrected chi connectivity index (χ0v) is 13.9. The normalized spacial score (nSPS) is 14.3. The van der Waals surface area contributed by atoms with E-state index in [1.165, 1.54) is 0 Å². The number of rotatable bonds is 4. The third kappa shape index (κ3) is 3.99. The topological polar surface area (TPSA) is 71.4 Å². The highest BCUT2D eigenvalue weighted by molar-refractivity contribution is 6.01. The second kappa shape index (κ2) is 7.54. The summed E-state index contributed by atoms with van der Waals surface area (Å²) < 4.78 is 11.0. The summed E-state index contributed by atoms with van der Waals surface area (Å²) in [4.78, 5) is 12.4. The maximum atomic E-state index is 12.4. The van der Waals surface area contributed by atoms with Gasteiger partial charge in [-0.25, -0.2) is 0 Å². The Balaban J connectivity index is 1.76. The van der Waals surface area contributed by atoms with Crippen molar-refractivity contribution < 1.29 is 14.3 Å². The van der Waals surface area contributed by atoms with Crippen LogP contribution in [0.25, 0.3) is 6.08 Å². The van der Waals surface area contributed by atoms with E-state index in [1.54, 1.807) is 24.3 Å². The molecule has 5 heteroatoms. The van der Waals surface area contributed by atoms with E-state index in [0.29, 0.717) is 30.3 Å². The molecule has 0 radical (unpaired) electrons. The minimum atomic E-state index is -0.409. The Labute approximate surface area is 146 Å². The molecule has 0 aliphatic carbocycles. The van der Waals surface area contributed by atoms with Crippen molar-refractivity contribution in [2.24, 2.45) is 0 Å². The second-order valence-electron chi connectivity index (χ2n) is 5.68. The molecular weight excluding hydrogens is 316 g/mol. The fourth-order valence-electron chi connectivity index (χ4n) is 2.56. The van der Waals surface area contributed by atoms with E-state index in [4.69, 9.17) is 9.47 Å². The Kier molecular flexibility index (Phi) is 5.00. The minimum absolute atomic E-state index is 0.0412. The van der Waals surface area contributed by atoms with Crippen molar-refractivity contribution in [3.8, 4) is 17.6 Å². The number of hydrogen-bond donors (Lipinski definition) is 1. The first-order chi connectivity index (χ1) is 12.2. The Morgan fingerprint density at radius 1 is 1.16 bits per heavy atom. The lowest BCUT2D eigenvalue weighted by Crippen LogP contribution is -2.27. The van der Waals surface area contributed by atoms with Crippen LogP contribution >= 0.6 is 0 Å². The number of nitriles is 1. The average Bonchev–Trinajstić information content (AvgIpc) is 2.66. The van der Waals surface area contributed by atoms with Crippen LogP contribution in [0, 0.1) is 11.3 Å². The first-order valence-electron chi connectivity index (χ1n) is 8.04. The molecule has 0 fully saturated rings. The van der Waals surface area contributed by atoms with Gasteiger partial charge in [0.15, 0.2) is 11.5 Å². The number of hydrogen-bond acceptors (Lipinski definition) is 4. The molecule has 1 unspecified atom stereocenters. The van der Waals surface area contributed by atoms with Crippen LogP contribution in [0.15, 0.2) is 54.1 Å². The van der Waals surface area contributed by atoms with Gasteiger partial charge in [-0.05, 0) is 36.3 Å². The van der Waals surface area contributed by atoms with E-state index < -0.39 is 5.91 Å². The molecule has 1 N–H and O–H groups in total. The molecule has 0 saturated heterocycles. The van der Waals surface area contributed by atoms with E-state index in [2.05, 4.69) is 5.32 Å². The van der Waals surface area contributed by atoms with Gasteiger partial charge in [0.05, 0.1) is 6.04 Å². The van der Waals surface area contributed by atoms with Crippen LogP contribution in [0.5, 0.6) is 11.5 Å². The smallest absolute Gasteiger partial charge is 0.262 e. The Hall–Kier alpha value is -3.26. The van der Waals surface area contributed by atoms with Crippen LogP contribution in [-0.2, 0) is 4.79 Å². The summed E-state index contributed by atoms with van der Waals surface area (Å²) in [5.74, 6) is 0.883. The zero-order chi connectivity index (χ0) is 17.6. The third-order valence-electron chi connectivity index (χ3n) is 3.89. The summed E-state index contributed by atoms with van der Waals surface area (Å²) in [5.41, 5.74) is 1.73. The van der Waals surface area contributed by atoms with E-state index in [0.717, 1.165) is 5.56 Å². The van der Waals surface area contributed by atoms with Gasteiger partial charge in [0.2, 0.25) is 0 Å². The van der Waals surface area contributed by atoms with Gasteiger partial charge in [-0.1, -0.05) is 36.4 Å². The van der Waals surface area contributed by atoms with Gasteiger partial charge in [-0.3, -0.25) is 4.79 Å². The number of carbonyl (C=O) groups excluding carboxylic acids is 1. The number of ether oxygens (including phenoxy) is 2.